The van der Waals surface area contributed by atoms with Crippen LogP contribution < -0.4 is 4.90 Å². The number of hydrogen-bond donors (Lipinski definition) is 0. The average Bonchev–Trinajstić information content (AvgIpc) is 2.52. The van der Waals surface area contributed by atoms with Crippen molar-refractivity contribution in [2.45, 2.75) is 58.4 Å². The van der Waals surface area contributed by atoms with E-state index in [0.29, 0.717) is 6.04 Å². The summed E-state index contributed by atoms with van der Waals surface area (Å²) >= 11 is 0. The van der Waals surface area contributed by atoms with Crippen LogP contribution in [0.4, 0.5) is 5.69 Å². The summed E-state index contributed by atoms with van der Waals surface area (Å²) in [5, 5.41) is 0. The molecule has 2 heteroatoms. The van der Waals surface area contributed by atoms with Crippen LogP contribution in [0.15, 0.2) is 24.3 Å². The molecule has 0 N–H and O–H groups in total. The Morgan fingerprint density at radius 2 is 1.90 bits per heavy atom. The number of rotatable bonds is 3. The molecule has 0 amide bonds. The lowest BCUT2D eigenvalue weighted by molar-refractivity contribution is -0.117. The van der Waals surface area contributed by atoms with E-state index < -0.39 is 0 Å². The van der Waals surface area contributed by atoms with Crippen LogP contribution in [0, 0.1) is 11.3 Å². The van der Waals surface area contributed by atoms with Gasteiger partial charge in [-0.1, -0.05) is 25.1 Å². The highest BCUT2D eigenvalue weighted by Crippen LogP contribution is 2.41. The van der Waals surface area contributed by atoms with Crippen LogP contribution in [-0.2, 0) is 11.2 Å². The number of aldehydes is 1. The van der Waals surface area contributed by atoms with E-state index in [-0.39, 0.29) is 5.41 Å². The van der Waals surface area contributed by atoms with Gasteiger partial charge in [0.15, 0.2) is 0 Å². The van der Waals surface area contributed by atoms with Gasteiger partial charge < -0.3 is 9.69 Å². The zero-order valence-electron chi connectivity index (χ0n) is 13.3. The van der Waals surface area contributed by atoms with Gasteiger partial charge in [0.2, 0.25) is 0 Å². The standard InChI is InChI=1S/C19H27NO/c1-15-9-11-19(14-21,12-10-15)13-20-16(2)7-8-17-5-3-4-6-18(17)20/h3-6,14-16H,7-13H2,1-2H3. The predicted octanol–water partition coefficient (Wildman–Crippen LogP) is 4.22. The second kappa shape index (κ2) is 5.82. The number of benzene rings is 1. The monoisotopic (exact) mass is 285 g/mol. The molecule has 0 bridgehead atoms. The SMILES string of the molecule is CC1CCC(C=O)(CN2c3ccccc3CCC2C)CC1. The number of anilines is 1. The number of para-hydroxylation sites is 1. The van der Waals surface area contributed by atoms with Crippen molar-refractivity contribution in [1.82, 2.24) is 0 Å². The fourth-order valence-corrected chi connectivity index (χ4v) is 3.99. The topological polar surface area (TPSA) is 20.3 Å². The van der Waals surface area contributed by atoms with Crippen LogP contribution in [0.3, 0.4) is 0 Å². The van der Waals surface area contributed by atoms with Crippen LogP contribution in [0.5, 0.6) is 0 Å². The van der Waals surface area contributed by atoms with Gasteiger partial charge in [0.25, 0.3) is 0 Å². The molecule has 1 aliphatic heterocycles. The number of carbonyl (C=O) groups excluding carboxylic acids is 1. The quantitative estimate of drug-likeness (QED) is 0.775. The Kier molecular flexibility index (Phi) is 4.05. The van der Waals surface area contributed by atoms with E-state index in [2.05, 4.69) is 43.0 Å². The van der Waals surface area contributed by atoms with E-state index in [0.717, 1.165) is 25.3 Å². The lowest BCUT2D eigenvalue weighted by Crippen LogP contribution is -2.47. The Labute approximate surface area is 128 Å². The van der Waals surface area contributed by atoms with E-state index in [1.807, 2.05) is 0 Å². The molecular formula is C19H27NO. The van der Waals surface area contributed by atoms with Crippen molar-refractivity contribution < 1.29 is 4.79 Å². The van der Waals surface area contributed by atoms with Crippen molar-refractivity contribution in [3.63, 3.8) is 0 Å². The highest BCUT2D eigenvalue weighted by atomic mass is 16.1. The van der Waals surface area contributed by atoms with Crippen LogP contribution in [0.2, 0.25) is 0 Å². The van der Waals surface area contributed by atoms with Gasteiger partial charge in [-0.25, -0.2) is 0 Å². The van der Waals surface area contributed by atoms with Gasteiger partial charge >= 0.3 is 0 Å². The smallest absolute Gasteiger partial charge is 0.127 e. The molecule has 1 heterocycles. The van der Waals surface area contributed by atoms with Crippen LogP contribution in [-0.4, -0.2) is 18.9 Å². The van der Waals surface area contributed by atoms with Crippen LogP contribution >= 0.6 is 0 Å². The highest BCUT2D eigenvalue weighted by Gasteiger charge is 2.37. The minimum atomic E-state index is -0.120. The van der Waals surface area contributed by atoms with Crippen LogP contribution in [0.25, 0.3) is 0 Å². The summed E-state index contributed by atoms with van der Waals surface area (Å²) in [4.78, 5) is 14.4. The molecule has 1 unspecified atom stereocenters. The Bertz CT molecular complexity index is 502. The van der Waals surface area contributed by atoms with E-state index in [1.54, 1.807) is 0 Å². The van der Waals surface area contributed by atoms with Crippen LogP contribution in [0.1, 0.15) is 51.5 Å². The molecular weight excluding hydrogens is 258 g/mol. The largest absolute Gasteiger partial charge is 0.368 e. The van der Waals surface area contributed by atoms with E-state index in [4.69, 9.17) is 0 Å². The first kappa shape index (κ1) is 14.6. The van der Waals surface area contributed by atoms with Crippen molar-refractivity contribution in [2.75, 3.05) is 11.4 Å². The van der Waals surface area contributed by atoms with Crippen molar-refractivity contribution in [3.8, 4) is 0 Å². The molecule has 1 aromatic rings. The van der Waals surface area contributed by atoms with E-state index in [1.165, 1.54) is 43.2 Å². The van der Waals surface area contributed by atoms with E-state index >= 15 is 0 Å². The van der Waals surface area contributed by atoms with E-state index in [9.17, 15) is 4.79 Å². The summed E-state index contributed by atoms with van der Waals surface area (Å²) < 4.78 is 0. The first-order valence-electron chi connectivity index (χ1n) is 8.44. The lowest BCUT2D eigenvalue weighted by atomic mass is 9.71. The van der Waals surface area contributed by atoms with Gasteiger partial charge in [-0.05, 0) is 63.0 Å². The molecule has 1 aliphatic carbocycles. The normalized spacial score (nSPS) is 32.6. The molecule has 0 saturated heterocycles. The second-order valence-corrected chi connectivity index (χ2v) is 7.31. The molecule has 114 valence electrons. The minimum absolute atomic E-state index is 0.120. The maximum atomic E-state index is 11.9. The van der Waals surface area contributed by atoms with Gasteiger partial charge in [-0.15, -0.1) is 0 Å². The average molecular weight is 285 g/mol. The highest BCUT2D eigenvalue weighted by molar-refractivity contribution is 5.64. The number of hydrogen-bond acceptors (Lipinski definition) is 2. The van der Waals surface area contributed by atoms with Gasteiger partial charge in [0, 0.05) is 23.7 Å². The Morgan fingerprint density at radius 1 is 1.19 bits per heavy atom. The fourth-order valence-electron chi connectivity index (χ4n) is 3.99. The van der Waals surface area contributed by atoms with Gasteiger partial charge in [0.1, 0.15) is 6.29 Å². The molecule has 2 aliphatic rings. The third kappa shape index (κ3) is 2.86. The molecule has 1 aromatic carbocycles. The summed E-state index contributed by atoms with van der Waals surface area (Å²) in [5.41, 5.74) is 2.68. The number of carbonyl (C=O) groups is 1. The van der Waals surface area contributed by atoms with Gasteiger partial charge in [0.05, 0.1) is 0 Å². The van der Waals surface area contributed by atoms with Crippen molar-refractivity contribution in [2.24, 2.45) is 11.3 Å². The summed E-state index contributed by atoms with van der Waals surface area (Å²) in [6.45, 7) is 5.52. The maximum absolute atomic E-state index is 11.9. The molecule has 1 atom stereocenters. The van der Waals surface area contributed by atoms with Gasteiger partial charge in [-0.2, -0.15) is 0 Å². The molecule has 3 rings (SSSR count). The fraction of sp³-hybridized carbons (Fsp3) is 0.632. The number of nitrogens with zero attached hydrogens (tertiary/aromatic N) is 1. The third-order valence-corrected chi connectivity index (χ3v) is 5.67. The lowest BCUT2D eigenvalue weighted by Gasteiger charge is -2.44. The molecule has 21 heavy (non-hydrogen) atoms. The summed E-state index contributed by atoms with van der Waals surface area (Å²) in [6.07, 6.45) is 8.14. The van der Waals surface area contributed by atoms with Crippen molar-refractivity contribution >= 4 is 12.0 Å². The Hall–Kier alpha value is -1.31. The molecule has 1 fully saturated rings. The Morgan fingerprint density at radius 3 is 2.62 bits per heavy atom. The second-order valence-electron chi connectivity index (χ2n) is 7.31. The first-order chi connectivity index (χ1) is 10.1. The molecule has 0 aromatic heterocycles. The van der Waals surface area contributed by atoms with Gasteiger partial charge in [-0.3, -0.25) is 0 Å². The third-order valence-electron chi connectivity index (χ3n) is 5.67. The zero-order valence-corrected chi connectivity index (χ0v) is 13.3. The molecule has 0 radical (unpaired) electrons. The molecule has 2 nitrogen and oxygen atoms in total. The minimum Gasteiger partial charge on any atom is -0.368 e. The first-order valence-corrected chi connectivity index (χ1v) is 8.44. The number of fused-ring (bicyclic) bond motifs is 1. The molecule has 1 saturated carbocycles. The summed E-state index contributed by atoms with van der Waals surface area (Å²) in [7, 11) is 0. The van der Waals surface area contributed by atoms with Crippen molar-refractivity contribution in [3.05, 3.63) is 29.8 Å². The molecule has 0 spiro atoms. The summed E-state index contributed by atoms with van der Waals surface area (Å²) in [5.74, 6) is 0.782. The number of aryl methyl sites for hydroxylation is 1. The predicted molar refractivity (Wildman–Crippen MR) is 87.7 cm³/mol. The van der Waals surface area contributed by atoms with Crippen molar-refractivity contribution in [1.29, 1.82) is 0 Å². The zero-order chi connectivity index (χ0) is 14.9. The maximum Gasteiger partial charge on any atom is 0.127 e. The summed E-state index contributed by atoms with van der Waals surface area (Å²) in [6, 6.07) is 9.27. The Balaban J connectivity index is 1.84.